The van der Waals surface area contributed by atoms with E-state index >= 15 is 0 Å². The normalized spacial score (nSPS) is 14.7. The molecule has 0 bridgehead atoms. The number of nitrogens with zero attached hydrogens (tertiary/aromatic N) is 6. The van der Waals surface area contributed by atoms with Gasteiger partial charge in [0.2, 0.25) is 5.91 Å². The smallest absolute Gasteiger partial charge is 0.277 e. The molecular weight excluding hydrogens is 322 g/mol. The van der Waals surface area contributed by atoms with Crippen molar-refractivity contribution in [3.63, 3.8) is 0 Å². The predicted octanol–water partition coefficient (Wildman–Crippen LogP) is 1.24. The molecule has 1 saturated carbocycles. The molecule has 9 heteroatoms. The largest absolute Gasteiger partial charge is 0.347 e. The summed E-state index contributed by atoms with van der Waals surface area (Å²) in [7, 11) is 3.33. The summed E-state index contributed by atoms with van der Waals surface area (Å²) >= 11 is 0. The Balaban J connectivity index is 1.66. The quantitative estimate of drug-likeness (QED) is 0.879. The Morgan fingerprint density at radius 3 is 2.72 bits per heavy atom. The molecule has 0 aliphatic heterocycles. The highest BCUT2D eigenvalue weighted by atomic mass is 16.2. The molecule has 25 heavy (non-hydrogen) atoms. The van der Waals surface area contributed by atoms with Crippen LogP contribution in [-0.4, -0.2) is 55.6 Å². The molecule has 9 nitrogen and oxygen atoms in total. The Morgan fingerprint density at radius 1 is 1.32 bits per heavy atom. The molecular formula is C16H23N7O2. The maximum Gasteiger partial charge on any atom is 0.277 e. The van der Waals surface area contributed by atoms with Gasteiger partial charge in [-0.2, -0.15) is 5.10 Å². The first-order valence-corrected chi connectivity index (χ1v) is 8.41. The van der Waals surface area contributed by atoms with E-state index in [1.165, 1.54) is 28.6 Å². The number of carbonyl (C=O) groups is 2. The van der Waals surface area contributed by atoms with Gasteiger partial charge in [0, 0.05) is 14.1 Å². The number of carbonyl (C=O) groups excluding carboxylic acids is 2. The van der Waals surface area contributed by atoms with Crippen molar-refractivity contribution >= 4 is 17.5 Å². The van der Waals surface area contributed by atoms with E-state index in [9.17, 15) is 9.59 Å². The lowest BCUT2D eigenvalue weighted by atomic mass is 10.2. The Morgan fingerprint density at radius 2 is 2.04 bits per heavy atom. The van der Waals surface area contributed by atoms with Crippen LogP contribution in [0.25, 0.3) is 0 Å². The first-order valence-electron chi connectivity index (χ1n) is 8.41. The Labute approximate surface area is 146 Å². The number of rotatable bonds is 5. The van der Waals surface area contributed by atoms with Gasteiger partial charge in [0.25, 0.3) is 5.91 Å². The second-order valence-corrected chi connectivity index (χ2v) is 6.57. The Hall–Kier alpha value is -2.71. The third-order valence-corrected chi connectivity index (χ3v) is 4.53. The van der Waals surface area contributed by atoms with E-state index in [0.29, 0.717) is 11.7 Å². The van der Waals surface area contributed by atoms with Crippen LogP contribution in [0.15, 0.2) is 12.4 Å². The molecule has 0 atom stereocenters. The fraction of sp³-hybridized carbons (Fsp3) is 0.562. The summed E-state index contributed by atoms with van der Waals surface area (Å²) in [6.07, 6.45) is 7.84. The molecule has 0 saturated heterocycles. The molecule has 2 aromatic heterocycles. The van der Waals surface area contributed by atoms with Gasteiger partial charge in [-0.05, 0) is 19.8 Å². The highest BCUT2D eigenvalue weighted by Crippen LogP contribution is 2.31. The minimum absolute atomic E-state index is 0.0475. The first kappa shape index (κ1) is 17.1. The van der Waals surface area contributed by atoms with E-state index in [1.54, 1.807) is 20.3 Å². The van der Waals surface area contributed by atoms with Gasteiger partial charge in [0.1, 0.15) is 6.54 Å². The third-order valence-electron chi connectivity index (χ3n) is 4.53. The number of anilines is 1. The second kappa shape index (κ2) is 7.04. The molecule has 1 aliphatic rings. The second-order valence-electron chi connectivity index (χ2n) is 6.57. The fourth-order valence-corrected chi connectivity index (χ4v) is 3.01. The zero-order valence-electron chi connectivity index (χ0n) is 14.8. The molecule has 0 unspecified atom stereocenters. The molecule has 2 amide bonds. The van der Waals surface area contributed by atoms with E-state index in [0.717, 1.165) is 18.5 Å². The van der Waals surface area contributed by atoms with Crippen LogP contribution in [0.2, 0.25) is 0 Å². The van der Waals surface area contributed by atoms with Crippen LogP contribution in [0.4, 0.5) is 5.69 Å². The lowest BCUT2D eigenvalue weighted by molar-refractivity contribution is -0.129. The van der Waals surface area contributed by atoms with Crippen molar-refractivity contribution < 1.29 is 9.59 Å². The van der Waals surface area contributed by atoms with Gasteiger partial charge in [0.05, 0.1) is 29.8 Å². The van der Waals surface area contributed by atoms with E-state index in [-0.39, 0.29) is 24.1 Å². The minimum Gasteiger partial charge on any atom is -0.347 e. The average Bonchev–Trinajstić information content (AvgIpc) is 3.29. The van der Waals surface area contributed by atoms with Crippen LogP contribution < -0.4 is 5.32 Å². The van der Waals surface area contributed by atoms with Crippen molar-refractivity contribution in [1.82, 2.24) is 29.7 Å². The van der Waals surface area contributed by atoms with Crippen LogP contribution in [0.5, 0.6) is 0 Å². The molecule has 0 aromatic carbocycles. The fourth-order valence-electron chi connectivity index (χ4n) is 3.01. The van der Waals surface area contributed by atoms with E-state index in [1.807, 2.05) is 11.6 Å². The summed E-state index contributed by atoms with van der Waals surface area (Å²) in [5, 5.41) is 14.9. The molecule has 1 N–H and O–H groups in total. The Kier molecular flexibility index (Phi) is 4.82. The number of aromatic nitrogens is 5. The van der Waals surface area contributed by atoms with Crippen LogP contribution in [0, 0.1) is 6.92 Å². The van der Waals surface area contributed by atoms with Crippen molar-refractivity contribution in [1.29, 1.82) is 0 Å². The number of hydrogen-bond donors (Lipinski definition) is 1. The van der Waals surface area contributed by atoms with Gasteiger partial charge >= 0.3 is 0 Å². The third kappa shape index (κ3) is 3.70. The number of nitrogens with one attached hydrogen (secondary N) is 1. The lowest BCUT2D eigenvalue weighted by Gasteiger charge is -2.12. The summed E-state index contributed by atoms with van der Waals surface area (Å²) in [4.78, 5) is 25.5. The summed E-state index contributed by atoms with van der Waals surface area (Å²) in [6, 6.07) is 0.420. The van der Waals surface area contributed by atoms with Crippen molar-refractivity contribution in [2.75, 3.05) is 19.4 Å². The van der Waals surface area contributed by atoms with E-state index in [4.69, 9.17) is 0 Å². The molecule has 1 fully saturated rings. The summed E-state index contributed by atoms with van der Waals surface area (Å²) in [6.45, 7) is 2.00. The SMILES string of the molecule is Cc1c(NC(=O)c2cn(CC(=O)N(C)C)nn2)cnn1C1CCCC1. The molecule has 3 rings (SSSR count). The first-order chi connectivity index (χ1) is 12.0. The van der Waals surface area contributed by atoms with Crippen LogP contribution in [-0.2, 0) is 11.3 Å². The Bertz CT molecular complexity index is 771. The zero-order chi connectivity index (χ0) is 18.0. The number of amides is 2. The highest BCUT2D eigenvalue weighted by Gasteiger charge is 2.21. The topological polar surface area (TPSA) is 97.9 Å². The summed E-state index contributed by atoms with van der Waals surface area (Å²) < 4.78 is 3.35. The van der Waals surface area contributed by atoms with Crippen molar-refractivity contribution in [2.24, 2.45) is 0 Å². The molecule has 2 heterocycles. The van der Waals surface area contributed by atoms with Gasteiger partial charge in [-0.15, -0.1) is 5.10 Å². The maximum absolute atomic E-state index is 12.4. The maximum atomic E-state index is 12.4. The summed E-state index contributed by atoms with van der Waals surface area (Å²) in [5.74, 6) is -0.483. The van der Waals surface area contributed by atoms with Crippen LogP contribution in [0.1, 0.15) is 47.9 Å². The van der Waals surface area contributed by atoms with Gasteiger partial charge < -0.3 is 10.2 Å². The van der Waals surface area contributed by atoms with Crippen molar-refractivity contribution in [2.45, 2.75) is 45.2 Å². The van der Waals surface area contributed by atoms with Crippen LogP contribution >= 0.6 is 0 Å². The molecule has 2 aromatic rings. The summed E-state index contributed by atoms with van der Waals surface area (Å²) in [5.41, 5.74) is 1.78. The van der Waals surface area contributed by atoms with E-state index in [2.05, 4.69) is 20.7 Å². The predicted molar refractivity (Wildman–Crippen MR) is 91.1 cm³/mol. The zero-order valence-corrected chi connectivity index (χ0v) is 14.8. The van der Waals surface area contributed by atoms with Gasteiger partial charge in [-0.3, -0.25) is 14.3 Å². The monoisotopic (exact) mass is 345 g/mol. The molecule has 134 valence electrons. The van der Waals surface area contributed by atoms with Crippen LogP contribution in [0.3, 0.4) is 0 Å². The minimum atomic E-state index is -0.363. The van der Waals surface area contributed by atoms with Gasteiger partial charge in [-0.25, -0.2) is 4.68 Å². The molecule has 1 aliphatic carbocycles. The molecule has 0 spiro atoms. The van der Waals surface area contributed by atoms with Gasteiger partial charge in [-0.1, -0.05) is 18.1 Å². The van der Waals surface area contributed by atoms with E-state index < -0.39 is 0 Å². The average molecular weight is 345 g/mol. The van der Waals surface area contributed by atoms with Crippen molar-refractivity contribution in [3.05, 3.63) is 23.8 Å². The highest BCUT2D eigenvalue weighted by molar-refractivity contribution is 6.02. The van der Waals surface area contributed by atoms with Gasteiger partial charge in [0.15, 0.2) is 5.69 Å². The molecule has 0 radical (unpaired) electrons. The lowest BCUT2D eigenvalue weighted by Crippen LogP contribution is -2.26. The number of hydrogen-bond acceptors (Lipinski definition) is 5. The van der Waals surface area contributed by atoms with Crippen molar-refractivity contribution in [3.8, 4) is 0 Å². The standard InChI is InChI=1S/C16H23N7O2/c1-11-13(8-17-23(11)12-6-4-5-7-12)18-16(25)14-9-22(20-19-14)10-15(24)21(2)3/h8-9,12H,4-7,10H2,1-3H3,(H,18,25). The number of likely N-dealkylation sites (N-methyl/N-ethyl adjacent to an activating group) is 1.